The number of pyridine rings is 1. The van der Waals surface area contributed by atoms with Gasteiger partial charge in [-0.15, -0.1) is 0 Å². The summed E-state index contributed by atoms with van der Waals surface area (Å²) >= 11 is 0. The smallest absolute Gasteiger partial charge is 0.254 e. The Morgan fingerprint density at radius 2 is 2.00 bits per heavy atom. The number of nitrogens with one attached hydrogen (secondary N) is 1. The maximum Gasteiger partial charge on any atom is 0.254 e. The number of H-pyrrole nitrogens is 1. The summed E-state index contributed by atoms with van der Waals surface area (Å²) in [4.78, 5) is 41.7. The topological polar surface area (TPSA) is 85.4 Å². The van der Waals surface area contributed by atoms with Crippen molar-refractivity contribution in [2.45, 2.75) is 12.3 Å². The van der Waals surface area contributed by atoms with E-state index in [2.05, 4.69) is 15.0 Å². The molecule has 0 spiro atoms. The zero-order valence-electron chi connectivity index (χ0n) is 15.6. The van der Waals surface area contributed by atoms with E-state index in [0.29, 0.717) is 24.6 Å². The van der Waals surface area contributed by atoms with Crippen LogP contribution in [0.5, 0.6) is 0 Å². The number of anilines is 2. The Bertz CT molecular complexity index is 861. The summed E-state index contributed by atoms with van der Waals surface area (Å²) in [6.45, 7) is 1.21. The largest absolute Gasteiger partial charge is 0.363 e. The monoisotopic (exact) mass is 356 g/mol. The molecular formula is C18H24N6O2. The van der Waals surface area contributed by atoms with Crippen molar-refractivity contribution in [2.24, 2.45) is 0 Å². The molecule has 8 nitrogen and oxygen atoms in total. The number of carbonyl (C=O) groups is 1. The minimum absolute atomic E-state index is 0.0179. The van der Waals surface area contributed by atoms with Gasteiger partial charge in [-0.1, -0.05) is 0 Å². The number of nitrogens with zero attached hydrogens (tertiary/aromatic N) is 5. The number of hydrogen-bond acceptors (Lipinski definition) is 6. The van der Waals surface area contributed by atoms with Gasteiger partial charge in [0, 0.05) is 65.0 Å². The molecule has 1 saturated heterocycles. The highest BCUT2D eigenvalue weighted by Gasteiger charge is 2.29. The van der Waals surface area contributed by atoms with Crippen LogP contribution in [0.2, 0.25) is 0 Å². The predicted octanol–water partition coefficient (Wildman–Crippen LogP) is 0.927. The van der Waals surface area contributed by atoms with Crippen LogP contribution in [0.4, 0.5) is 11.8 Å². The minimum Gasteiger partial charge on any atom is -0.363 e. The van der Waals surface area contributed by atoms with E-state index in [9.17, 15) is 9.59 Å². The molecule has 0 bridgehead atoms. The molecule has 1 aliphatic rings. The Labute approximate surface area is 152 Å². The molecule has 1 amide bonds. The van der Waals surface area contributed by atoms with Crippen LogP contribution < -0.4 is 15.4 Å². The van der Waals surface area contributed by atoms with Crippen LogP contribution in [0.15, 0.2) is 29.2 Å². The van der Waals surface area contributed by atoms with Gasteiger partial charge in [0.2, 0.25) is 5.95 Å². The molecule has 2 aromatic heterocycles. The zero-order chi connectivity index (χ0) is 18.8. The highest BCUT2D eigenvalue weighted by atomic mass is 16.2. The van der Waals surface area contributed by atoms with Crippen LogP contribution in [0.25, 0.3) is 0 Å². The maximum atomic E-state index is 12.8. The van der Waals surface area contributed by atoms with E-state index in [4.69, 9.17) is 0 Å². The van der Waals surface area contributed by atoms with Gasteiger partial charge in [-0.2, -0.15) is 0 Å². The highest BCUT2D eigenvalue weighted by Crippen LogP contribution is 2.27. The molecule has 138 valence electrons. The van der Waals surface area contributed by atoms with Crippen LogP contribution >= 0.6 is 0 Å². The third kappa shape index (κ3) is 3.68. The molecule has 8 heteroatoms. The molecule has 26 heavy (non-hydrogen) atoms. The summed E-state index contributed by atoms with van der Waals surface area (Å²) in [6, 6.07) is 5.06. The summed E-state index contributed by atoms with van der Waals surface area (Å²) in [5, 5.41) is 0. The number of aromatic nitrogens is 3. The summed E-state index contributed by atoms with van der Waals surface area (Å²) < 4.78 is 0. The standard InChI is InChI=1S/C18H24N6O2/c1-22(2)15-9-12(5-7-19-15)17(26)24-8-6-13(11-24)14-10-16(25)21-18(20-14)23(3)4/h5,7,9-10,13H,6,8,11H2,1-4H3,(H,20,21,25). The van der Waals surface area contributed by atoms with Gasteiger partial charge in [-0.25, -0.2) is 9.97 Å². The average Bonchev–Trinajstić information content (AvgIpc) is 3.10. The molecule has 3 rings (SSSR count). The second kappa shape index (κ2) is 7.15. The molecular weight excluding hydrogens is 332 g/mol. The third-order valence-corrected chi connectivity index (χ3v) is 4.52. The molecule has 1 unspecified atom stereocenters. The molecule has 3 heterocycles. The molecule has 0 aliphatic carbocycles. The highest BCUT2D eigenvalue weighted by molar-refractivity contribution is 5.95. The van der Waals surface area contributed by atoms with Crippen LogP contribution in [0, 0.1) is 0 Å². The van der Waals surface area contributed by atoms with Gasteiger partial charge in [-0.05, 0) is 18.6 Å². The normalized spacial score (nSPS) is 16.6. The molecule has 1 aliphatic heterocycles. The first-order valence-electron chi connectivity index (χ1n) is 8.56. The Balaban J connectivity index is 1.77. The number of rotatable bonds is 4. The molecule has 2 aromatic rings. The lowest BCUT2D eigenvalue weighted by molar-refractivity contribution is 0.0790. The van der Waals surface area contributed by atoms with Gasteiger partial charge in [0.25, 0.3) is 11.5 Å². The van der Waals surface area contributed by atoms with E-state index in [1.165, 1.54) is 6.07 Å². The maximum absolute atomic E-state index is 12.8. The number of carbonyl (C=O) groups excluding carboxylic acids is 1. The van der Waals surface area contributed by atoms with Gasteiger partial charge < -0.3 is 14.7 Å². The van der Waals surface area contributed by atoms with Crippen molar-refractivity contribution in [1.29, 1.82) is 0 Å². The van der Waals surface area contributed by atoms with E-state index < -0.39 is 0 Å². The van der Waals surface area contributed by atoms with Crippen molar-refractivity contribution in [2.75, 3.05) is 51.1 Å². The Morgan fingerprint density at radius 3 is 2.69 bits per heavy atom. The molecule has 0 saturated carbocycles. The van der Waals surface area contributed by atoms with Crippen LogP contribution in [0.3, 0.4) is 0 Å². The fourth-order valence-corrected chi connectivity index (χ4v) is 3.05. The van der Waals surface area contributed by atoms with Gasteiger partial charge in [0.1, 0.15) is 5.82 Å². The average molecular weight is 356 g/mol. The molecule has 0 aromatic carbocycles. The number of likely N-dealkylation sites (tertiary alicyclic amines) is 1. The predicted molar refractivity (Wildman–Crippen MR) is 101 cm³/mol. The summed E-state index contributed by atoms with van der Waals surface area (Å²) in [5.74, 6) is 1.33. The van der Waals surface area contributed by atoms with Crippen molar-refractivity contribution >= 4 is 17.7 Å². The third-order valence-electron chi connectivity index (χ3n) is 4.52. The van der Waals surface area contributed by atoms with Crippen molar-refractivity contribution in [3.8, 4) is 0 Å². The first-order chi connectivity index (χ1) is 12.3. The van der Waals surface area contributed by atoms with E-state index in [0.717, 1.165) is 17.9 Å². The Kier molecular flexibility index (Phi) is 4.92. The van der Waals surface area contributed by atoms with Crippen molar-refractivity contribution in [3.05, 3.63) is 46.0 Å². The quantitative estimate of drug-likeness (QED) is 0.877. The minimum atomic E-state index is -0.173. The molecule has 1 N–H and O–H groups in total. The van der Waals surface area contributed by atoms with E-state index in [-0.39, 0.29) is 17.4 Å². The second-order valence-electron chi connectivity index (χ2n) is 6.92. The number of hydrogen-bond donors (Lipinski definition) is 1. The first kappa shape index (κ1) is 17.9. The van der Waals surface area contributed by atoms with Crippen LogP contribution in [0.1, 0.15) is 28.4 Å². The summed E-state index contributed by atoms with van der Waals surface area (Å²) in [5.41, 5.74) is 1.18. The zero-order valence-corrected chi connectivity index (χ0v) is 15.6. The Morgan fingerprint density at radius 1 is 1.23 bits per heavy atom. The lowest BCUT2D eigenvalue weighted by Gasteiger charge is -2.18. The SMILES string of the molecule is CN(C)c1cc(C(=O)N2CCC(c3cc(=O)[nH]c(N(C)C)n3)C2)ccn1. The lowest BCUT2D eigenvalue weighted by atomic mass is 10.0. The summed E-state index contributed by atoms with van der Waals surface area (Å²) in [6.07, 6.45) is 2.44. The summed E-state index contributed by atoms with van der Waals surface area (Å²) in [7, 11) is 7.45. The molecule has 1 fully saturated rings. The van der Waals surface area contributed by atoms with Crippen molar-refractivity contribution in [1.82, 2.24) is 19.9 Å². The number of amides is 1. The van der Waals surface area contributed by atoms with Crippen LogP contribution in [-0.4, -0.2) is 67.0 Å². The van der Waals surface area contributed by atoms with Gasteiger partial charge in [0.05, 0.1) is 5.69 Å². The van der Waals surface area contributed by atoms with Gasteiger partial charge >= 0.3 is 0 Å². The second-order valence-corrected chi connectivity index (χ2v) is 6.92. The Hall–Kier alpha value is -2.90. The first-order valence-corrected chi connectivity index (χ1v) is 8.56. The lowest BCUT2D eigenvalue weighted by Crippen LogP contribution is -2.29. The number of aromatic amines is 1. The van der Waals surface area contributed by atoms with Gasteiger partial charge in [0.15, 0.2) is 0 Å². The molecule has 1 atom stereocenters. The van der Waals surface area contributed by atoms with E-state index in [1.54, 1.807) is 23.2 Å². The van der Waals surface area contributed by atoms with E-state index >= 15 is 0 Å². The molecule has 0 radical (unpaired) electrons. The fraction of sp³-hybridized carbons (Fsp3) is 0.444. The van der Waals surface area contributed by atoms with Crippen molar-refractivity contribution < 1.29 is 4.79 Å². The van der Waals surface area contributed by atoms with Gasteiger partial charge in [-0.3, -0.25) is 14.6 Å². The van der Waals surface area contributed by atoms with E-state index in [1.807, 2.05) is 38.0 Å². The van der Waals surface area contributed by atoms with Crippen molar-refractivity contribution in [3.63, 3.8) is 0 Å². The fourth-order valence-electron chi connectivity index (χ4n) is 3.05. The van der Waals surface area contributed by atoms with Crippen LogP contribution in [-0.2, 0) is 0 Å².